The summed E-state index contributed by atoms with van der Waals surface area (Å²) in [5, 5.41) is 9.04. The third-order valence-electron chi connectivity index (χ3n) is 9.66. The Hall–Kier alpha value is -6.38. The molecule has 8 aromatic carbocycles. The van der Waals surface area contributed by atoms with Crippen molar-refractivity contribution in [2.24, 2.45) is 0 Å². The Morgan fingerprint density at radius 2 is 0.625 bits per heavy atom. The van der Waals surface area contributed by atoms with E-state index in [-0.39, 0.29) is 0 Å². The van der Waals surface area contributed by atoms with Gasteiger partial charge >= 0.3 is 0 Å². The molecule has 2 aromatic heterocycles. The molecule has 0 bridgehead atoms. The standard InChI is InChI=1S/C46H28O2/c1-3-15-29(16-4-1)41-35-23-11-13-25-39(35)47-45(41)43-33-21-9-10-22-34(33)44(38-28-32-20-8-7-19-31(32)27-37(38)43)46-42(30-17-5-2-6-18-30)36-24-12-14-26-40(36)48-46/h1-28H. The topological polar surface area (TPSA) is 26.3 Å². The van der Waals surface area contributed by atoms with Gasteiger partial charge in [-0.15, -0.1) is 0 Å². The Morgan fingerprint density at radius 1 is 0.271 bits per heavy atom. The molecule has 10 aromatic rings. The van der Waals surface area contributed by atoms with Crippen LogP contribution in [0.2, 0.25) is 0 Å². The number of para-hydroxylation sites is 2. The highest BCUT2D eigenvalue weighted by Crippen LogP contribution is 2.52. The molecule has 0 amide bonds. The van der Waals surface area contributed by atoms with Crippen LogP contribution in [0.1, 0.15) is 0 Å². The van der Waals surface area contributed by atoms with Crippen LogP contribution in [-0.4, -0.2) is 0 Å². The molecule has 0 saturated heterocycles. The van der Waals surface area contributed by atoms with Crippen LogP contribution in [0.3, 0.4) is 0 Å². The lowest BCUT2D eigenvalue weighted by atomic mass is 9.85. The van der Waals surface area contributed by atoms with Crippen molar-refractivity contribution in [3.8, 4) is 44.9 Å². The number of rotatable bonds is 4. The van der Waals surface area contributed by atoms with Crippen LogP contribution in [0.4, 0.5) is 0 Å². The third kappa shape index (κ3) is 4.00. The van der Waals surface area contributed by atoms with Gasteiger partial charge in [-0.25, -0.2) is 0 Å². The first-order valence-corrected chi connectivity index (χ1v) is 16.4. The van der Waals surface area contributed by atoms with Crippen LogP contribution in [0.15, 0.2) is 179 Å². The van der Waals surface area contributed by atoms with Gasteiger partial charge in [0.25, 0.3) is 0 Å². The molecule has 0 radical (unpaired) electrons. The van der Waals surface area contributed by atoms with Gasteiger partial charge in [0.1, 0.15) is 22.7 Å². The number of hydrogen-bond donors (Lipinski definition) is 0. The summed E-state index contributed by atoms with van der Waals surface area (Å²) in [6.45, 7) is 0. The van der Waals surface area contributed by atoms with E-state index in [1.807, 2.05) is 12.1 Å². The second-order valence-electron chi connectivity index (χ2n) is 12.4. The molecule has 48 heavy (non-hydrogen) atoms. The highest BCUT2D eigenvalue weighted by atomic mass is 16.3. The summed E-state index contributed by atoms with van der Waals surface area (Å²) in [5.41, 5.74) is 8.38. The smallest absolute Gasteiger partial charge is 0.144 e. The average Bonchev–Trinajstić information content (AvgIpc) is 3.72. The second kappa shape index (κ2) is 10.6. The van der Waals surface area contributed by atoms with Crippen molar-refractivity contribution >= 4 is 54.3 Å². The van der Waals surface area contributed by atoms with Gasteiger partial charge in [-0.3, -0.25) is 0 Å². The molecule has 0 spiro atoms. The van der Waals surface area contributed by atoms with Crippen LogP contribution in [0.25, 0.3) is 99.2 Å². The number of hydrogen-bond acceptors (Lipinski definition) is 2. The average molecular weight is 613 g/mol. The van der Waals surface area contributed by atoms with Gasteiger partial charge in [0.2, 0.25) is 0 Å². The molecule has 0 atom stereocenters. The molecule has 0 aliphatic rings. The maximum absolute atomic E-state index is 6.93. The van der Waals surface area contributed by atoms with Crippen LogP contribution < -0.4 is 0 Å². The summed E-state index contributed by atoms with van der Waals surface area (Å²) in [4.78, 5) is 0. The molecule has 10 rings (SSSR count). The van der Waals surface area contributed by atoms with Crippen molar-refractivity contribution in [2.45, 2.75) is 0 Å². The molecule has 0 N–H and O–H groups in total. The molecule has 2 heteroatoms. The summed E-state index contributed by atoms with van der Waals surface area (Å²) in [5.74, 6) is 1.75. The molecular formula is C46H28O2. The van der Waals surface area contributed by atoms with E-state index in [2.05, 4.69) is 158 Å². The van der Waals surface area contributed by atoms with Gasteiger partial charge < -0.3 is 8.83 Å². The highest BCUT2D eigenvalue weighted by molar-refractivity contribution is 6.26. The zero-order valence-electron chi connectivity index (χ0n) is 26.0. The third-order valence-corrected chi connectivity index (χ3v) is 9.66. The van der Waals surface area contributed by atoms with Crippen LogP contribution >= 0.6 is 0 Å². The summed E-state index contributed by atoms with van der Waals surface area (Å²) in [6, 6.07) is 60.0. The van der Waals surface area contributed by atoms with Crippen LogP contribution in [-0.2, 0) is 0 Å². The minimum absolute atomic E-state index is 0.872. The first-order valence-electron chi connectivity index (χ1n) is 16.4. The molecule has 2 heterocycles. The highest BCUT2D eigenvalue weighted by Gasteiger charge is 2.27. The number of fused-ring (bicyclic) bond motifs is 5. The normalized spacial score (nSPS) is 11.8. The van der Waals surface area contributed by atoms with Gasteiger partial charge in [-0.05, 0) is 67.7 Å². The minimum Gasteiger partial charge on any atom is -0.455 e. The second-order valence-corrected chi connectivity index (χ2v) is 12.4. The fraction of sp³-hybridized carbons (Fsp3) is 0. The van der Waals surface area contributed by atoms with E-state index in [9.17, 15) is 0 Å². The molecule has 0 saturated carbocycles. The monoisotopic (exact) mass is 612 g/mol. The maximum Gasteiger partial charge on any atom is 0.144 e. The zero-order valence-corrected chi connectivity index (χ0v) is 26.0. The largest absolute Gasteiger partial charge is 0.455 e. The Labute approximate surface area is 277 Å². The summed E-state index contributed by atoms with van der Waals surface area (Å²) < 4.78 is 13.9. The fourth-order valence-electron chi connectivity index (χ4n) is 7.58. The van der Waals surface area contributed by atoms with Crippen molar-refractivity contribution in [2.75, 3.05) is 0 Å². The Morgan fingerprint density at radius 3 is 1.06 bits per heavy atom. The molecule has 224 valence electrons. The zero-order chi connectivity index (χ0) is 31.6. The van der Waals surface area contributed by atoms with Crippen LogP contribution in [0, 0.1) is 0 Å². The van der Waals surface area contributed by atoms with E-state index in [1.165, 1.54) is 10.8 Å². The predicted octanol–water partition coefficient (Wildman–Crippen LogP) is 13.3. The van der Waals surface area contributed by atoms with E-state index in [0.29, 0.717) is 0 Å². The molecule has 0 unspecified atom stereocenters. The number of furan rings is 2. The van der Waals surface area contributed by atoms with Gasteiger partial charge in [0.15, 0.2) is 0 Å². The number of benzene rings is 8. The van der Waals surface area contributed by atoms with Crippen molar-refractivity contribution in [1.29, 1.82) is 0 Å². The molecular weight excluding hydrogens is 585 g/mol. The molecule has 0 aliphatic carbocycles. The lowest BCUT2D eigenvalue weighted by molar-refractivity contribution is 0.632. The molecule has 2 nitrogen and oxygen atoms in total. The van der Waals surface area contributed by atoms with Crippen molar-refractivity contribution < 1.29 is 8.83 Å². The van der Waals surface area contributed by atoms with Crippen molar-refractivity contribution in [3.63, 3.8) is 0 Å². The maximum atomic E-state index is 6.93. The first kappa shape index (κ1) is 26.8. The van der Waals surface area contributed by atoms with E-state index >= 15 is 0 Å². The van der Waals surface area contributed by atoms with Crippen molar-refractivity contribution in [3.05, 3.63) is 170 Å². The van der Waals surface area contributed by atoms with Gasteiger partial charge in [0, 0.05) is 33.0 Å². The molecule has 0 fully saturated rings. The SMILES string of the molecule is c1ccc(-c2c(-c3c4ccccc4c(-c4oc5ccccc5c4-c4ccccc4)c4cc5ccccc5cc34)oc3ccccc23)cc1. The van der Waals surface area contributed by atoms with Gasteiger partial charge in [0.05, 0.1) is 0 Å². The summed E-state index contributed by atoms with van der Waals surface area (Å²) in [6.07, 6.45) is 0. The van der Waals surface area contributed by atoms with E-state index in [4.69, 9.17) is 8.83 Å². The van der Waals surface area contributed by atoms with Gasteiger partial charge in [-0.2, -0.15) is 0 Å². The fourth-order valence-corrected chi connectivity index (χ4v) is 7.58. The van der Waals surface area contributed by atoms with E-state index in [1.54, 1.807) is 0 Å². The summed E-state index contributed by atoms with van der Waals surface area (Å²) in [7, 11) is 0. The quantitative estimate of drug-likeness (QED) is 0.185. The Bertz CT molecular complexity index is 2620. The van der Waals surface area contributed by atoms with E-state index < -0.39 is 0 Å². The lowest BCUT2D eigenvalue weighted by Crippen LogP contribution is -1.92. The van der Waals surface area contributed by atoms with E-state index in [0.717, 1.165) is 88.4 Å². The molecule has 0 aliphatic heterocycles. The minimum atomic E-state index is 0.872. The van der Waals surface area contributed by atoms with Crippen molar-refractivity contribution in [1.82, 2.24) is 0 Å². The summed E-state index contributed by atoms with van der Waals surface area (Å²) >= 11 is 0. The first-order chi connectivity index (χ1) is 23.8. The Kier molecular flexibility index (Phi) is 5.91. The predicted molar refractivity (Wildman–Crippen MR) is 200 cm³/mol. The lowest BCUT2D eigenvalue weighted by Gasteiger charge is -2.18. The van der Waals surface area contributed by atoms with Gasteiger partial charge in [-0.1, -0.05) is 146 Å². The Balaban J connectivity index is 1.42. The van der Waals surface area contributed by atoms with Crippen LogP contribution in [0.5, 0.6) is 0 Å².